The van der Waals surface area contributed by atoms with Crippen molar-refractivity contribution in [2.24, 2.45) is 0 Å². The zero-order chi connectivity index (χ0) is 23.8. The number of fused-ring (bicyclic) bond motifs is 1. The van der Waals surface area contributed by atoms with Crippen LogP contribution >= 0.6 is 23.2 Å². The monoisotopic (exact) mass is 518 g/mol. The zero-order valence-corrected chi connectivity index (χ0v) is 18.9. The molecule has 3 aromatic rings. The Balaban J connectivity index is 1.60. The first-order chi connectivity index (χ1) is 15.5. The summed E-state index contributed by atoms with van der Waals surface area (Å²) in [5.74, 6) is 0.934. The van der Waals surface area contributed by atoms with Crippen LogP contribution in [0.4, 0.5) is 24.5 Å². The van der Waals surface area contributed by atoms with E-state index < -0.39 is 26.7 Å². The molecule has 0 aliphatic carbocycles. The van der Waals surface area contributed by atoms with Crippen LogP contribution in [0.1, 0.15) is 11.1 Å². The van der Waals surface area contributed by atoms with Crippen molar-refractivity contribution in [2.75, 3.05) is 12.1 Å². The maximum atomic E-state index is 13.7. The van der Waals surface area contributed by atoms with Gasteiger partial charge in [-0.25, -0.2) is 13.1 Å². The van der Waals surface area contributed by atoms with Gasteiger partial charge in [-0.3, -0.25) is 0 Å². The molecule has 0 radical (unpaired) electrons. The van der Waals surface area contributed by atoms with Crippen molar-refractivity contribution in [2.45, 2.75) is 17.6 Å². The number of nitrogens with one attached hydrogen (secondary N) is 2. The molecule has 4 rings (SSSR count). The highest BCUT2D eigenvalue weighted by Crippen LogP contribution is 2.38. The van der Waals surface area contributed by atoms with Gasteiger partial charge in [0.15, 0.2) is 11.5 Å². The lowest BCUT2D eigenvalue weighted by atomic mass is 10.2. The molecule has 12 heteroatoms. The molecule has 1 heterocycles. The van der Waals surface area contributed by atoms with E-state index in [0.29, 0.717) is 33.8 Å². The normalized spacial score (nSPS) is 13.2. The summed E-state index contributed by atoms with van der Waals surface area (Å²) < 4.78 is 79.3. The molecule has 33 heavy (non-hydrogen) atoms. The Labute approximate surface area is 197 Å². The molecule has 174 valence electrons. The number of hydrogen-bond donors (Lipinski definition) is 2. The first-order valence-electron chi connectivity index (χ1n) is 9.34. The number of alkyl halides is 3. The number of benzene rings is 3. The smallest absolute Gasteiger partial charge is 0.417 e. The van der Waals surface area contributed by atoms with Crippen LogP contribution in [-0.4, -0.2) is 15.2 Å². The van der Waals surface area contributed by atoms with E-state index in [0.717, 1.165) is 6.07 Å². The molecule has 0 bridgehead atoms. The molecule has 1 aliphatic heterocycles. The molecule has 1 aliphatic rings. The molecule has 0 atom stereocenters. The molecule has 0 amide bonds. The standard InChI is InChI=1S/C21H15Cl2F3N2O4S/c22-13-2-4-17(16(23)8-13)28-14-3-6-20(15(9-14)21(24,25)26)33(29,30)27-10-12-1-5-18-19(7-12)32-11-31-18/h1-9,27-28H,10-11H2. The van der Waals surface area contributed by atoms with Crippen molar-refractivity contribution in [3.8, 4) is 11.5 Å². The lowest BCUT2D eigenvalue weighted by Crippen LogP contribution is -2.26. The number of anilines is 2. The molecule has 0 fully saturated rings. The molecule has 0 aromatic heterocycles. The quantitative estimate of drug-likeness (QED) is 0.420. The first-order valence-corrected chi connectivity index (χ1v) is 11.6. The Morgan fingerprint density at radius 3 is 2.42 bits per heavy atom. The minimum Gasteiger partial charge on any atom is -0.454 e. The highest BCUT2D eigenvalue weighted by atomic mass is 35.5. The number of halogens is 5. The third kappa shape index (κ3) is 5.30. The highest BCUT2D eigenvalue weighted by molar-refractivity contribution is 7.89. The first kappa shape index (κ1) is 23.5. The Hall–Kier alpha value is -2.66. The molecule has 0 unspecified atom stereocenters. The van der Waals surface area contributed by atoms with Crippen molar-refractivity contribution in [3.05, 3.63) is 75.8 Å². The minimum atomic E-state index is -4.93. The van der Waals surface area contributed by atoms with Gasteiger partial charge in [-0.2, -0.15) is 13.2 Å². The van der Waals surface area contributed by atoms with E-state index in [9.17, 15) is 21.6 Å². The van der Waals surface area contributed by atoms with Gasteiger partial charge in [-0.15, -0.1) is 0 Å². The third-order valence-electron chi connectivity index (χ3n) is 4.69. The Kier molecular flexibility index (Phi) is 6.37. The largest absolute Gasteiger partial charge is 0.454 e. The highest BCUT2D eigenvalue weighted by Gasteiger charge is 2.37. The molecule has 0 saturated carbocycles. The Bertz CT molecular complexity index is 1320. The van der Waals surface area contributed by atoms with E-state index in [-0.39, 0.29) is 24.0 Å². The van der Waals surface area contributed by atoms with Crippen LogP contribution in [0.3, 0.4) is 0 Å². The van der Waals surface area contributed by atoms with E-state index in [4.69, 9.17) is 32.7 Å². The van der Waals surface area contributed by atoms with Gasteiger partial charge in [0.25, 0.3) is 0 Å². The second-order valence-electron chi connectivity index (χ2n) is 6.97. The van der Waals surface area contributed by atoms with Gasteiger partial charge in [0.1, 0.15) is 0 Å². The zero-order valence-electron chi connectivity index (χ0n) is 16.5. The summed E-state index contributed by atoms with van der Waals surface area (Å²) in [5.41, 5.74) is -0.519. The summed E-state index contributed by atoms with van der Waals surface area (Å²) in [5, 5.41) is 3.29. The number of sulfonamides is 1. The number of rotatable bonds is 6. The predicted molar refractivity (Wildman–Crippen MR) is 118 cm³/mol. The summed E-state index contributed by atoms with van der Waals surface area (Å²) in [6.45, 7) is -0.197. The maximum Gasteiger partial charge on any atom is 0.417 e. The third-order valence-corrected chi connectivity index (χ3v) is 6.70. The Morgan fingerprint density at radius 1 is 0.939 bits per heavy atom. The lowest BCUT2D eigenvalue weighted by molar-refractivity contribution is -0.139. The van der Waals surface area contributed by atoms with Crippen molar-refractivity contribution in [3.63, 3.8) is 0 Å². The van der Waals surface area contributed by atoms with E-state index in [1.54, 1.807) is 18.2 Å². The van der Waals surface area contributed by atoms with Gasteiger partial charge >= 0.3 is 6.18 Å². The molecule has 2 N–H and O–H groups in total. The van der Waals surface area contributed by atoms with Gasteiger partial charge < -0.3 is 14.8 Å². The van der Waals surface area contributed by atoms with E-state index >= 15 is 0 Å². The lowest BCUT2D eigenvalue weighted by Gasteiger charge is -2.17. The second kappa shape index (κ2) is 8.94. The van der Waals surface area contributed by atoms with Crippen LogP contribution in [0.2, 0.25) is 10.0 Å². The molecule has 3 aromatic carbocycles. The predicted octanol–water partition coefficient (Wildman–Crippen LogP) is 5.96. The van der Waals surface area contributed by atoms with Crippen LogP contribution in [-0.2, 0) is 22.7 Å². The number of ether oxygens (including phenoxy) is 2. The van der Waals surface area contributed by atoms with Crippen LogP contribution in [0.15, 0.2) is 59.5 Å². The van der Waals surface area contributed by atoms with E-state index in [1.807, 2.05) is 0 Å². The Morgan fingerprint density at radius 2 is 1.70 bits per heavy atom. The molecular weight excluding hydrogens is 504 g/mol. The van der Waals surface area contributed by atoms with Crippen molar-refractivity contribution >= 4 is 44.6 Å². The van der Waals surface area contributed by atoms with Gasteiger partial charge in [0, 0.05) is 17.3 Å². The maximum absolute atomic E-state index is 13.7. The van der Waals surface area contributed by atoms with E-state index in [2.05, 4.69) is 10.0 Å². The summed E-state index contributed by atoms with van der Waals surface area (Å²) in [6.07, 6.45) is -4.93. The fourth-order valence-corrected chi connectivity index (χ4v) is 4.80. The average Bonchev–Trinajstić information content (AvgIpc) is 3.21. The average molecular weight is 519 g/mol. The molecule has 0 saturated heterocycles. The van der Waals surface area contributed by atoms with Crippen LogP contribution in [0, 0.1) is 0 Å². The second-order valence-corrected chi connectivity index (χ2v) is 9.55. The van der Waals surface area contributed by atoms with Crippen LogP contribution < -0.4 is 19.5 Å². The molecule has 0 spiro atoms. The SMILES string of the molecule is O=S(=O)(NCc1ccc2c(c1)OCO2)c1ccc(Nc2ccc(Cl)cc2Cl)cc1C(F)(F)F. The van der Waals surface area contributed by atoms with Crippen molar-refractivity contribution in [1.29, 1.82) is 0 Å². The van der Waals surface area contributed by atoms with Crippen molar-refractivity contribution in [1.82, 2.24) is 4.72 Å². The minimum absolute atomic E-state index is 0.00117. The summed E-state index contributed by atoms with van der Waals surface area (Å²) in [6, 6.07) is 12.0. The van der Waals surface area contributed by atoms with Gasteiger partial charge in [0.2, 0.25) is 16.8 Å². The van der Waals surface area contributed by atoms with Crippen molar-refractivity contribution < 1.29 is 31.1 Å². The van der Waals surface area contributed by atoms with Crippen LogP contribution in [0.5, 0.6) is 11.5 Å². The molecule has 6 nitrogen and oxygen atoms in total. The van der Waals surface area contributed by atoms with Gasteiger partial charge in [-0.05, 0) is 54.1 Å². The molecular formula is C21H15Cl2F3N2O4S. The fourth-order valence-electron chi connectivity index (χ4n) is 3.12. The summed E-state index contributed by atoms with van der Waals surface area (Å²) in [4.78, 5) is -0.900. The van der Waals surface area contributed by atoms with Gasteiger partial charge in [0.05, 0.1) is 21.2 Å². The fraction of sp³-hybridized carbons (Fsp3) is 0.143. The van der Waals surface area contributed by atoms with Crippen LogP contribution in [0.25, 0.3) is 0 Å². The summed E-state index contributed by atoms with van der Waals surface area (Å²) in [7, 11) is -4.50. The van der Waals surface area contributed by atoms with Gasteiger partial charge in [-0.1, -0.05) is 29.3 Å². The summed E-state index contributed by atoms with van der Waals surface area (Å²) >= 11 is 11.9. The number of hydrogen-bond acceptors (Lipinski definition) is 5. The topological polar surface area (TPSA) is 76.7 Å². The van der Waals surface area contributed by atoms with E-state index in [1.165, 1.54) is 24.3 Å².